The molecule has 10 heteroatoms. The zero-order chi connectivity index (χ0) is 19.1. The molecule has 1 aliphatic heterocycles. The first-order chi connectivity index (χ1) is 13.1. The minimum absolute atomic E-state index is 0. The van der Waals surface area contributed by atoms with Crippen LogP contribution in [0.5, 0.6) is 0 Å². The van der Waals surface area contributed by atoms with Crippen LogP contribution in [0.25, 0.3) is 0 Å². The smallest absolute Gasteiger partial charge is 0.249 e. The Balaban J connectivity index is 0.00000210. The highest BCUT2D eigenvalue weighted by Gasteiger charge is 2.16. The lowest BCUT2D eigenvalue weighted by atomic mass is 9.93. The number of amides is 2. The number of nitrogens with zero attached hydrogens (tertiary/aromatic N) is 3. The van der Waals surface area contributed by atoms with Gasteiger partial charge in [-0.2, -0.15) is 5.10 Å². The number of benzene rings is 1. The number of halogens is 2. The van der Waals surface area contributed by atoms with Gasteiger partial charge in [0.05, 0.1) is 0 Å². The second kappa shape index (κ2) is 12.4. The van der Waals surface area contributed by atoms with E-state index in [4.69, 9.17) is 0 Å². The number of anilines is 2. The Kier molecular flexibility index (Phi) is 10.6. The van der Waals surface area contributed by atoms with Crippen LogP contribution in [0.4, 0.5) is 11.4 Å². The van der Waals surface area contributed by atoms with E-state index < -0.39 is 6.04 Å². The molecule has 1 atom stereocenters. The topological polar surface area (TPSA) is 101 Å². The molecular weight excluding hydrogens is 415 g/mol. The third-order valence-corrected chi connectivity index (χ3v) is 4.89. The summed E-state index contributed by atoms with van der Waals surface area (Å²) in [6.07, 6.45) is 6.67. The number of piperidine rings is 1. The van der Waals surface area contributed by atoms with Crippen molar-refractivity contribution in [1.29, 1.82) is 0 Å². The predicted molar refractivity (Wildman–Crippen MR) is 118 cm³/mol. The zero-order valence-electron chi connectivity index (χ0n) is 16.3. The highest BCUT2D eigenvalue weighted by Crippen LogP contribution is 2.19. The molecule has 8 nitrogen and oxygen atoms in total. The molecule has 2 amide bonds. The Morgan fingerprint density at radius 3 is 2.34 bits per heavy atom. The van der Waals surface area contributed by atoms with Crippen LogP contribution in [0.2, 0.25) is 0 Å². The molecule has 1 fully saturated rings. The Labute approximate surface area is 183 Å². The van der Waals surface area contributed by atoms with Crippen molar-refractivity contribution < 1.29 is 9.59 Å². The van der Waals surface area contributed by atoms with Crippen LogP contribution in [-0.4, -0.2) is 39.7 Å². The molecular formula is C19H28Cl2N6O2. The van der Waals surface area contributed by atoms with Gasteiger partial charge in [-0.1, -0.05) is 0 Å². The monoisotopic (exact) mass is 442 g/mol. The van der Waals surface area contributed by atoms with Gasteiger partial charge in [-0.3, -0.25) is 9.59 Å². The van der Waals surface area contributed by atoms with Gasteiger partial charge in [-0.25, -0.2) is 9.67 Å². The minimum atomic E-state index is -0.457. The molecule has 3 rings (SSSR count). The van der Waals surface area contributed by atoms with Crippen molar-refractivity contribution in [1.82, 2.24) is 20.1 Å². The summed E-state index contributed by atoms with van der Waals surface area (Å²) in [6, 6.07) is 6.67. The van der Waals surface area contributed by atoms with E-state index >= 15 is 0 Å². The molecule has 1 aliphatic rings. The van der Waals surface area contributed by atoms with Crippen molar-refractivity contribution in [2.24, 2.45) is 5.92 Å². The van der Waals surface area contributed by atoms with Crippen LogP contribution in [0.1, 0.15) is 38.6 Å². The van der Waals surface area contributed by atoms with Crippen LogP contribution in [0.3, 0.4) is 0 Å². The third kappa shape index (κ3) is 7.64. The van der Waals surface area contributed by atoms with Crippen molar-refractivity contribution >= 4 is 48.0 Å². The second-order valence-electron chi connectivity index (χ2n) is 6.90. The maximum absolute atomic E-state index is 12.2. The van der Waals surface area contributed by atoms with Crippen LogP contribution < -0.4 is 16.0 Å². The summed E-state index contributed by atoms with van der Waals surface area (Å²) in [7, 11) is 0. The number of carbonyl (C=O) groups excluding carboxylic acids is 2. The summed E-state index contributed by atoms with van der Waals surface area (Å²) < 4.78 is 1.49. The third-order valence-electron chi connectivity index (χ3n) is 4.89. The summed E-state index contributed by atoms with van der Waals surface area (Å²) in [5.41, 5.74) is 1.40. The van der Waals surface area contributed by atoms with E-state index in [2.05, 4.69) is 26.0 Å². The van der Waals surface area contributed by atoms with E-state index in [0.717, 1.165) is 38.0 Å². The van der Waals surface area contributed by atoms with Crippen molar-refractivity contribution in [2.45, 2.75) is 38.6 Å². The highest BCUT2D eigenvalue weighted by atomic mass is 35.5. The SMILES string of the molecule is CC(C(=O)Nc1ccc(NC(=O)CCC2CCNCC2)cc1)n1cncn1.Cl.Cl. The molecule has 1 saturated heterocycles. The van der Waals surface area contributed by atoms with Crippen molar-refractivity contribution in [2.75, 3.05) is 23.7 Å². The Bertz CT molecular complexity index is 749. The lowest BCUT2D eigenvalue weighted by Gasteiger charge is -2.22. The summed E-state index contributed by atoms with van der Waals surface area (Å²) in [6.45, 7) is 3.85. The van der Waals surface area contributed by atoms with Crippen LogP contribution in [-0.2, 0) is 9.59 Å². The molecule has 0 aliphatic carbocycles. The molecule has 3 N–H and O–H groups in total. The van der Waals surface area contributed by atoms with Crippen LogP contribution in [0.15, 0.2) is 36.9 Å². The summed E-state index contributed by atoms with van der Waals surface area (Å²) in [4.78, 5) is 28.2. The Morgan fingerprint density at radius 1 is 1.14 bits per heavy atom. The summed E-state index contributed by atoms with van der Waals surface area (Å²) in [5, 5.41) is 13.1. The van der Waals surface area contributed by atoms with Gasteiger partial charge < -0.3 is 16.0 Å². The average molecular weight is 443 g/mol. The number of rotatable bonds is 7. The minimum Gasteiger partial charge on any atom is -0.326 e. The second-order valence-corrected chi connectivity index (χ2v) is 6.90. The fourth-order valence-corrected chi connectivity index (χ4v) is 3.15. The van der Waals surface area contributed by atoms with E-state index in [0.29, 0.717) is 18.0 Å². The van der Waals surface area contributed by atoms with E-state index in [1.807, 2.05) is 0 Å². The first-order valence-corrected chi connectivity index (χ1v) is 9.37. The largest absolute Gasteiger partial charge is 0.326 e. The molecule has 2 heterocycles. The van der Waals surface area contributed by atoms with Gasteiger partial charge >= 0.3 is 0 Å². The van der Waals surface area contributed by atoms with E-state index in [-0.39, 0.29) is 36.6 Å². The average Bonchev–Trinajstić information content (AvgIpc) is 3.23. The molecule has 2 aromatic rings. The van der Waals surface area contributed by atoms with Crippen molar-refractivity contribution in [3.63, 3.8) is 0 Å². The quantitative estimate of drug-likeness (QED) is 0.611. The Morgan fingerprint density at radius 2 is 1.76 bits per heavy atom. The molecule has 160 valence electrons. The molecule has 0 spiro atoms. The normalized spacial score (nSPS) is 14.8. The van der Waals surface area contributed by atoms with Gasteiger partial charge in [0.25, 0.3) is 0 Å². The summed E-state index contributed by atoms with van der Waals surface area (Å²) >= 11 is 0. The molecule has 29 heavy (non-hydrogen) atoms. The maximum Gasteiger partial charge on any atom is 0.249 e. The van der Waals surface area contributed by atoms with E-state index in [1.54, 1.807) is 31.2 Å². The number of hydrogen-bond acceptors (Lipinski definition) is 5. The maximum atomic E-state index is 12.2. The number of carbonyl (C=O) groups is 2. The molecule has 0 radical (unpaired) electrons. The first-order valence-electron chi connectivity index (χ1n) is 9.37. The van der Waals surface area contributed by atoms with Gasteiger partial charge in [0.1, 0.15) is 18.7 Å². The number of nitrogens with one attached hydrogen (secondary N) is 3. The van der Waals surface area contributed by atoms with Crippen LogP contribution >= 0.6 is 24.8 Å². The van der Waals surface area contributed by atoms with Gasteiger partial charge in [0.15, 0.2) is 0 Å². The van der Waals surface area contributed by atoms with Crippen LogP contribution in [0, 0.1) is 5.92 Å². The van der Waals surface area contributed by atoms with Crippen molar-refractivity contribution in [3.05, 3.63) is 36.9 Å². The molecule has 0 bridgehead atoms. The zero-order valence-corrected chi connectivity index (χ0v) is 18.0. The molecule has 1 unspecified atom stereocenters. The summed E-state index contributed by atoms with van der Waals surface area (Å²) in [5.74, 6) is 0.492. The Hall–Kier alpha value is -2.16. The predicted octanol–water partition coefficient (Wildman–Crippen LogP) is 3.04. The highest BCUT2D eigenvalue weighted by molar-refractivity contribution is 5.94. The van der Waals surface area contributed by atoms with Gasteiger partial charge in [0.2, 0.25) is 11.8 Å². The first kappa shape index (κ1) is 24.9. The lowest BCUT2D eigenvalue weighted by Crippen LogP contribution is -2.28. The van der Waals surface area contributed by atoms with Gasteiger partial charge in [0, 0.05) is 17.8 Å². The van der Waals surface area contributed by atoms with Gasteiger partial charge in [-0.15, -0.1) is 24.8 Å². The van der Waals surface area contributed by atoms with Gasteiger partial charge in [-0.05, 0) is 69.5 Å². The molecule has 0 saturated carbocycles. The standard InChI is InChI=1S/C19H26N6O2.2ClH/c1-14(25-13-21-12-22-25)19(27)24-17-5-3-16(4-6-17)23-18(26)7-2-15-8-10-20-11-9-15;;/h3-6,12-15,20H,2,7-11H2,1H3,(H,23,26)(H,24,27);2*1H. The lowest BCUT2D eigenvalue weighted by molar-refractivity contribution is -0.119. The van der Waals surface area contributed by atoms with E-state index in [1.165, 1.54) is 17.3 Å². The van der Waals surface area contributed by atoms with E-state index in [9.17, 15) is 9.59 Å². The number of hydrogen-bond donors (Lipinski definition) is 3. The fraction of sp³-hybridized carbons (Fsp3) is 0.474. The molecule has 1 aromatic carbocycles. The number of aromatic nitrogens is 3. The molecule has 1 aromatic heterocycles. The fourth-order valence-electron chi connectivity index (χ4n) is 3.15. The van der Waals surface area contributed by atoms with Crippen molar-refractivity contribution in [3.8, 4) is 0 Å².